The molecule has 1 aromatic carbocycles. The molecule has 1 atom stereocenters. The fourth-order valence-electron chi connectivity index (χ4n) is 2.52. The van der Waals surface area contributed by atoms with Crippen molar-refractivity contribution in [2.75, 3.05) is 13.1 Å². The Balaban J connectivity index is 1.55. The van der Waals surface area contributed by atoms with Crippen molar-refractivity contribution in [2.24, 2.45) is 12.0 Å². The molecule has 7 heteroatoms. The van der Waals surface area contributed by atoms with E-state index in [1.54, 1.807) is 6.33 Å². The molecule has 2 heterocycles. The lowest BCUT2D eigenvalue weighted by Crippen LogP contribution is -2.42. The molecule has 0 amide bonds. The molecule has 0 saturated heterocycles. The average Bonchev–Trinajstić information content (AvgIpc) is 3.15. The number of rotatable bonds is 5. The molecule has 0 fully saturated rings. The van der Waals surface area contributed by atoms with Crippen LogP contribution in [0.2, 0.25) is 0 Å². The van der Waals surface area contributed by atoms with Crippen LogP contribution in [0.3, 0.4) is 0 Å². The van der Waals surface area contributed by atoms with Crippen molar-refractivity contribution in [2.45, 2.75) is 26.0 Å². The largest absolute Gasteiger partial charge is 0.488 e. The van der Waals surface area contributed by atoms with E-state index >= 15 is 0 Å². The van der Waals surface area contributed by atoms with E-state index < -0.39 is 0 Å². The van der Waals surface area contributed by atoms with E-state index in [2.05, 4.69) is 31.9 Å². The summed E-state index contributed by atoms with van der Waals surface area (Å²) in [7, 11) is 1.91. The van der Waals surface area contributed by atoms with Gasteiger partial charge >= 0.3 is 0 Å². The Kier molecular flexibility index (Phi) is 4.75. The second kappa shape index (κ2) is 7.13. The van der Waals surface area contributed by atoms with Gasteiger partial charge in [-0.2, -0.15) is 0 Å². The van der Waals surface area contributed by atoms with E-state index in [-0.39, 0.29) is 6.10 Å². The van der Waals surface area contributed by atoms with Crippen LogP contribution in [0, 0.1) is 0 Å². The SMILES string of the molecule is CCNC(=NCc1nncn1C)NCC1Cc2ccccc2O1. The molecule has 0 saturated carbocycles. The maximum atomic E-state index is 5.93. The third-order valence-corrected chi connectivity index (χ3v) is 3.74. The highest BCUT2D eigenvalue weighted by Crippen LogP contribution is 2.27. The molecule has 1 unspecified atom stereocenters. The van der Waals surface area contributed by atoms with Crippen molar-refractivity contribution < 1.29 is 4.74 Å². The van der Waals surface area contributed by atoms with Crippen LogP contribution in [0.4, 0.5) is 0 Å². The molecular formula is C16H22N6O. The van der Waals surface area contributed by atoms with E-state index in [1.165, 1.54) is 5.56 Å². The van der Waals surface area contributed by atoms with Gasteiger partial charge in [-0.3, -0.25) is 0 Å². The van der Waals surface area contributed by atoms with Crippen molar-refractivity contribution in [3.63, 3.8) is 0 Å². The van der Waals surface area contributed by atoms with E-state index in [9.17, 15) is 0 Å². The number of para-hydroxylation sites is 1. The van der Waals surface area contributed by atoms with Gasteiger partial charge in [0.15, 0.2) is 11.8 Å². The second-order valence-corrected chi connectivity index (χ2v) is 5.49. The van der Waals surface area contributed by atoms with Gasteiger partial charge in [0.25, 0.3) is 0 Å². The predicted octanol–water partition coefficient (Wildman–Crippen LogP) is 0.874. The van der Waals surface area contributed by atoms with E-state index in [0.29, 0.717) is 13.1 Å². The lowest BCUT2D eigenvalue weighted by Gasteiger charge is -2.15. The quantitative estimate of drug-likeness (QED) is 0.633. The number of nitrogens with zero attached hydrogens (tertiary/aromatic N) is 4. The monoisotopic (exact) mass is 314 g/mol. The summed E-state index contributed by atoms with van der Waals surface area (Å²) in [4.78, 5) is 4.54. The first-order chi connectivity index (χ1) is 11.3. The molecule has 2 N–H and O–H groups in total. The van der Waals surface area contributed by atoms with Crippen LogP contribution in [-0.2, 0) is 20.0 Å². The minimum Gasteiger partial charge on any atom is -0.488 e. The number of guanidine groups is 1. The van der Waals surface area contributed by atoms with Gasteiger partial charge in [0, 0.05) is 20.0 Å². The summed E-state index contributed by atoms with van der Waals surface area (Å²) in [5, 5.41) is 14.5. The van der Waals surface area contributed by atoms with Gasteiger partial charge < -0.3 is 19.9 Å². The van der Waals surface area contributed by atoms with E-state index in [1.807, 2.05) is 36.7 Å². The van der Waals surface area contributed by atoms with Gasteiger partial charge in [0.2, 0.25) is 0 Å². The van der Waals surface area contributed by atoms with Crippen molar-refractivity contribution in [3.8, 4) is 5.75 Å². The third-order valence-electron chi connectivity index (χ3n) is 3.74. The highest BCUT2D eigenvalue weighted by Gasteiger charge is 2.22. The zero-order valence-electron chi connectivity index (χ0n) is 13.5. The van der Waals surface area contributed by atoms with Gasteiger partial charge in [0.05, 0.1) is 6.54 Å². The summed E-state index contributed by atoms with van der Waals surface area (Å²) in [6.07, 6.45) is 2.73. The topological polar surface area (TPSA) is 76.4 Å². The van der Waals surface area contributed by atoms with Crippen LogP contribution in [0.1, 0.15) is 18.3 Å². The normalized spacial score (nSPS) is 16.8. The van der Waals surface area contributed by atoms with Gasteiger partial charge in [-0.05, 0) is 18.6 Å². The van der Waals surface area contributed by atoms with Crippen LogP contribution >= 0.6 is 0 Å². The summed E-state index contributed by atoms with van der Waals surface area (Å²) in [5.41, 5.74) is 1.26. The van der Waals surface area contributed by atoms with Crippen LogP contribution in [-0.4, -0.2) is 39.9 Å². The molecule has 0 bridgehead atoms. The molecular weight excluding hydrogens is 292 g/mol. The number of aromatic nitrogens is 3. The van der Waals surface area contributed by atoms with Gasteiger partial charge in [-0.1, -0.05) is 18.2 Å². The van der Waals surface area contributed by atoms with Gasteiger partial charge in [-0.25, -0.2) is 4.99 Å². The van der Waals surface area contributed by atoms with Gasteiger partial charge in [-0.15, -0.1) is 10.2 Å². The molecule has 23 heavy (non-hydrogen) atoms. The van der Waals surface area contributed by atoms with Crippen molar-refractivity contribution >= 4 is 5.96 Å². The number of aliphatic imine (C=N–C) groups is 1. The highest BCUT2D eigenvalue weighted by atomic mass is 16.5. The number of benzene rings is 1. The first-order valence-electron chi connectivity index (χ1n) is 7.86. The predicted molar refractivity (Wildman–Crippen MR) is 88.4 cm³/mol. The second-order valence-electron chi connectivity index (χ2n) is 5.49. The lowest BCUT2D eigenvalue weighted by molar-refractivity contribution is 0.235. The molecule has 1 aliphatic rings. The fraction of sp³-hybridized carbons (Fsp3) is 0.438. The van der Waals surface area contributed by atoms with E-state index in [4.69, 9.17) is 4.74 Å². The average molecular weight is 314 g/mol. The number of aryl methyl sites for hydroxylation is 1. The van der Waals surface area contributed by atoms with Crippen LogP contribution in [0.15, 0.2) is 35.6 Å². The van der Waals surface area contributed by atoms with Crippen LogP contribution < -0.4 is 15.4 Å². The Labute approximate surface area is 135 Å². The molecule has 0 radical (unpaired) electrons. The summed E-state index contributed by atoms with van der Waals surface area (Å²) >= 11 is 0. The number of ether oxygens (including phenoxy) is 1. The molecule has 2 aromatic rings. The molecule has 1 aromatic heterocycles. The van der Waals surface area contributed by atoms with Crippen LogP contribution in [0.25, 0.3) is 0 Å². The summed E-state index contributed by atoms with van der Waals surface area (Å²) < 4.78 is 7.80. The molecule has 0 aliphatic carbocycles. The van der Waals surface area contributed by atoms with Crippen molar-refractivity contribution in [3.05, 3.63) is 42.0 Å². The summed E-state index contributed by atoms with van der Waals surface area (Å²) in [6.45, 7) is 4.04. The number of nitrogens with one attached hydrogen (secondary N) is 2. The van der Waals surface area contributed by atoms with Crippen LogP contribution in [0.5, 0.6) is 5.75 Å². The third kappa shape index (κ3) is 3.80. The Hall–Kier alpha value is -2.57. The first-order valence-corrected chi connectivity index (χ1v) is 7.86. The smallest absolute Gasteiger partial charge is 0.191 e. The summed E-state index contributed by atoms with van der Waals surface area (Å²) in [6, 6.07) is 8.18. The Morgan fingerprint density at radius 2 is 2.26 bits per heavy atom. The molecule has 0 spiro atoms. The zero-order valence-corrected chi connectivity index (χ0v) is 13.5. The van der Waals surface area contributed by atoms with Crippen molar-refractivity contribution in [1.82, 2.24) is 25.4 Å². The maximum absolute atomic E-state index is 5.93. The van der Waals surface area contributed by atoms with Crippen molar-refractivity contribution in [1.29, 1.82) is 0 Å². The number of hydrogen-bond donors (Lipinski definition) is 2. The highest BCUT2D eigenvalue weighted by molar-refractivity contribution is 5.79. The Bertz CT molecular complexity index is 656. The first kappa shape index (κ1) is 15.3. The number of fused-ring (bicyclic) bond motifs is 1. The standard InChI is InChI=1S/C16H22N6O/c1-3-17-16(19-10-15-21-20-11-22(15)2)18-9-13-8-12-6-4-5-7-14(12)23-13/h4-7,11,13H,3,8-10H2,1-2H3,(H2,17,18,19). The van der Waals surface area contributed by atoms with E-state index in [0.717, 1.165) is 30.5 Å². The molecule has 122 valence electrons. The van der Waals surface area contributed by atoms with Gasteiger partial charge in [0.1, 0.15) is 24.7 Å². The number of hydrogen-bond acceptors (Lipinski definition) is 4. The summed E-state index contributed by atoms with van der Waals surface area (Å²) in [5.74, 6) is 2.57. The molecule has 3 rings (SSSR count). The lowest BCUT2D eigenvalue weighted by atomic mass is 10.1. The minimum absolute atomic E-state index is 0.131. The minimum atomic E-state index is 0.131. The zero-order chi connectivity index (χ0) is 16.1. The fourth-order valence-corrected chi connectivity index (χ4v) is 2.52. The molecule has 7 nitrogen and oxygen atoms in total. The Morgan fingerprint density at radius 3 is 3.00 bits per heavy atom. The maximum Gasteiger partial charge on any atom is 0.191 e. The Morgan fingerprint density at radius 1 is 1.39 bits per heavy atom. The molecule has 1 aliphatic heterocycles.